The highest BCUT2D eigenvalue weighted by Crippen LogP contribution is 2.24. The van der Waals surface area contributed by atoms with E-state index in [4.69, 9.17) is 5.73 Å². The van der Waals surface area contributed by atoms with Crippen molar-refractivity contribution in [1.29, 1.82) is 0 Å². The first-order valence-corrected chi connectivity index (χ1v) is 6.58. The molecule has 0 amide bonds. The molecule has 1 unspecified atom stereocenters. The lowest BCUT2D eigenvalue weighted by atomic mass is 10.0. The molecule has 0 aliphatic heterocycles. The van der Waals surface area contributed by atoms with Gasteiger partial charge >= 0.3 is 0 Å². The molecular formula is C13H21NOS. The molecule has 3 N–H and O–H groups in total. The van der Waals surface area contributed by atoms with Crippen molar-refractivity contribution in [3.63, 3.8) is 0 Å². The first-order chi connectivity index (χ1) is 7.44. The molecule has 1 aromatic rings. The Kier molecular flexibility index (Phi) is 4.84. The molecule has 3 heteroatoms. The minimum atomic E-state index is -0.776. The second-order valence-electron chi connectivity index (χ2n) is 4.71. The van der Waals surface area contributed by atoms with E-state index in [0.29, 0.717) is 18.2 Å². The number of benzene rings is 1. The van der Waals surface area contributed by atoms with E-state index in [-0.39, 0.29) is 0 Å². The molecule has 0 saturated carbocycles. The Morgan fingerprint density at radius 1 is 1.31 bits per heavy atom. The summed E-state index contributed by atoms with van der Waals surface area (Å²) in [5.41, 5.74) is 6.04. The van der Waals surface area contributed by atoms with Crippen molar-refractivity contribution in [2.45, 2.75) is 37.2 Å². The van der Waals surface area contributed by atoms with Gasteiger partial charge in [-0.3, -0.25) is 0 Å². The van der Waals surface area contributed by atoms with Crippen molar-refractivity contribution in [2.24, 2.45) is 5.73 Å². The predicted molar refractivity (Wildman–Crippen MR) is 70.9 cm³/mol. The zero-order valence-corrected chi connectivity index (χ0v) is 11.1. The molecule has 2 nitrogen and oxygen atoms in total. The maximum Gasteiger partial charge on any atom is 0.0834 e. The van der Waals surface area contributed by atoms with Crippen LogP contribution in [0.25, 0.3) is 0 Å². The van der Waals surface area contributed by atoms with Crippen LogP contribution in [0.2, 0.25) is 0 Å². The number of rotatable bonds is 5. The first-order valence-electron chi connectivity index (χ1n) is 5.60. The second-order valence-corrected chi connectivity index (χ2v) is 5.76. The van der Waals surface area contributed by atoms with Gasteiger partial charge in [-0.15, -0.1) is 11.8 Å². The van der Waals surface area contributed by atoms with Crippen LogP contribution in [0.4, 0.5) is 0 Å². The maximum absolute atomic E-state index is 9.78. The van der Waals surface area contributed by atoms with Crippen LogP contribution in [0, 0.1) is 0 Å². The van der Waals surface area contributed by atoms with Crippen molar-refractivity contribution < 1.29 is 5.11 Å². The molecule has 0 saturated heterocycles. The quantitative estimate of drug-likeness (QED) is 0.776. The smallest absolute Gasteiger partial charge is 0.0834 e. The van der Waals surface area contributed by atoms with E-state index in [1.807, 2.05) is 0 Å². The van der Waals surface area contributed by atoms with Gasteiger partial charge in [0.1, 0.15) is 0 Å². The highest BCUT2D eigenvalue weighted by atomic mass is 32.2. The SMILES string of the molecule is CC(C)c1ccc(SCC(C)(O)CN)cc1. The third-order valence-corrected chi connectivity index (χ3v) is 3.91. The Labute approximate surface area is 102 Å². The molecule has 0 heterocycles. The fraction of sp³-hybridized carbons (Fsp3) is 0.538. The van der Waals surface area contributed by atoms with Gasteiger partial charge in [-0.25, -0.2) is 0 Å². The number of hydrogen-bond donors (Lipinski definition) is 2. The average molecular weight is 239 g/mol. The van der Waals surface area contributed by atoms with Crippen LogP contribution in [0.3, 0.4) is 0 Å². The van der Waals surface area contributed by atoms with Crippen LogP contribution in [0.15, 0.2) is 29.2 Å². The second kappa shape index (κ2) is 5.71. The molecule has 90 valence electrons. The fourth-order valence-electron chi connectivity index (χ4n) is 1.25. The molecule has 0 aliphatic carbocycles. The molecule has 1 aromatic carbocycles. The molecule has 0 bridgehead atoms. The van der Waals surface area contributed by atoms with E-state index < -0.39 is 5.60 Å². The normalized spacial score (nSPS) is 15.1. The zero-order valence-electron chi connectivity index (χ0n) is 10.2. The number of nitrogens with two attached hydrogens (primary N) is 1. The minimum absolute atomic E-state index is 0.296. The highest BCUT2D eigenvalue weighted by molar-refractivity contribution is 7.99. The monoisotopic (exact) mass is 239 g/mol. The van der Waals surface area contributed by atoms with Gasteiger partial charge in [0.05, 0.1) is 5.60 Å². The summed E-state index contributed by atoms with van der Waals surface area (Å²) in [7, 11) is 0. The maximum atomic E-state index is 9.78. The van der Waals surface area contributed by atoms with E-state index >= 15 is 0 Å². The van der Waals surface area contributed by atoms with E-state index in [0.717, 1.165) is 0 Å². The Morgan fingerprint density at radius 3 is 2.31 bits per heavy atom. The molecule has 0 aromatic heterocycles. The fourth-order valence-corrected chi connectivity index (χ4v) is 2.17. The Balaban J connectivity index is 2.56. The van der Waals surface area contributed by atoms with Crippen LogP contribution < -0.4 is 5.73 Å². The summed E-state index contributed by atoms with van der Waals surface area (Å²) in [4.78, 5) is 1.18. The van der Waals surface area contributed by atoms with Crippen LogP contribution in [-0.2, 0) is 0 Å². The summed E-state index contributed by atoms with van der Waals surface area (Å²) >= 11 is 1.64. The lowest BCUT2D eigenvalue weighted by Crippen LogP contribution is -2.36. The Morgan fingerprint density at radius 2 is 1.88 bits per heavy atom. The third kappa shape index (κ3) is 4.16. The Hall–Kier alpha value is -0.510. The predicted octanol–water partition coefficient (Wildman–Crippen LogP) is 2.61. The summed E-state index contributed by atoms with van der Waals surface area (Å²) in [6, 6.07) is 8.49. The van der Waals surface area contributed by atoms with Crippen molar-refractivity contribution in [3.05, 3.63) is 29.8 Å². The van der Waals surface area contributed by atoms with Crippen LogP contribution in [0.5, 0.6) is 0 Å². The summed E-state index contributed by atoms with van der Waals surface area (Å²) in [5.74, 6) is 1.19. The van der Waals surface area contributed by atoms with E-state index in [9.17, 15) is 5.11 Å². The topological polar surface area (TPSA) is 46.2 Å². The molecule has 0 spiro atoms. The summed E-state index contributed by atoms with van der Waals surface area (Å²) < 4.78 is 0. The van der Waals surface area contributed by atoms with E-state index in [2.05, 4.69) is 38.1 Å². The van der Waals surface area contributed by atoms with Gasteiger partial charge < -0.3 is 10.8 Å². The zero-order chi connectivity index (χ0) is 12.2. The van der Waals surface area contributed by atoms with Crippen molar-refractivity contribution in [2.75, 3.05) is 12.3 Å². The summed E-state index contributed by atoms with van der Waals surface area (Å²) in [6.07, 6.45) is 0. The molecule has 1 rings (SSSR count). The van der Waals surface area contributed by atoms with Crippen molar-refractivity contribution in [3.8, 4) is 0 Å². The van der Waals surface area contributed by atoms with Crippen molar-refractivity contribution in [1.82, 2.24) is 0 Å². The highest BCUT2D eigenvalue weighted by Gasteiger charge is 2.17. The Bertz CT molecular complexity index is 319. The molecule has 1 atom stereocenters. The lowest BCUT2D eigenvalue weighted by molar-refractivity contribution is 0.0949. The van der Waals surface area contributed by atoms with Crippen LogP contribution in [-0.4, -0.2) is 23.0 Å². The van der Waals surface area contributed by atoms with Gasteiger partial charge in [0.15, 0.2) is 0 Å². The van der Waals surface area contributed by atoms with Crippen molar-refractivity contribution >= 4 is 11.8 Å². The number of thioether (sulfide) groups is 1. The molecular weight excluding hydrogens is 218 g/mol. The first kappa shape index (κ1) is 13.6. The summed E-state index contributed by atoms with van der Waals surface area (Å²) in [5, 5.41) is 9.78. The van der Waals surface area contributed by atoms with Gasteiger partial charge in [-0.2, -0.15) is 0 Å². The van der Waals surface area contributed by atoms with Gasteiger partial charge in [0.2, 0.25) is 0 Å². The number of aliphatic hydroxyl groups is 1. The molecule has 0 radical (unpaired) electrons. The third-order valence-electron chi connectivity index (χ3n) is 2.54. The largest absolute Gasteiger partial charge is 0.388 e. The average Bonchev–Trinajstić information content (AvgIpc) is 2.27. The van der Waals surface area contributed by atoms with Gasteiger partial charge in [0.25, 0.3) is 0 Å². The van der Waals surface area contributed by atoms with E-state index in [1.165, 1.54) is 10.5 Å². The lowest BCUT2D eigenvalue weighted by Gasteiger charge is -2.20. The number of hydrogen-bond acceptors (Lipinski definition) is 3. The minimum Gasteiger partial charge on any atom is -0.388 e. The molecule has 0 fully saturated rings. The van der Waals surface area contributed by atoms with Gasteiger partial charge in [-0.05, 0) is 30.5 Å². The van der Waals surface area contributed by atoms with Gasteiger partial charge in [-0.1, -0.05) is 26.0 Å². The van der Waals surface area contributed by atoms with Gasteiger partial charge in [0, 0.05) is 17.2 Å². The summed E-state index contributed by atoms with van der Waals surface area (Å²) in [6.45, 7) is 6.43. The molecule has 16 heavy (non-hydrogen) atoms. The standard InChI is InChI=1S/C13H21NOS/c1-10(2)11-4-6-12(7-5-11)16-9-13(3,15)8-14/h4-7,10,15H,8-9,14H2,1-3H3. The molecule has 0 aliphatic rings. The van der Waals surface area contributed by atoms with Crippen LogP contribution in [0.1, 0.15) is 32.3 Å². The van der Waals surface area contributed by atoms with E-state index in [1.54, 1.807) is 18.7 Å². The van der Waals surface area contributed by atoms with Crippen LogP contribution >= 0.6 is 11.8 Å².